The third-order valence-electron chi connectivity index (χ3n) is 3.20. The third-order valence-corrected chi connectivity index (χ3v) is 4.94. The lowest BCUT2D eigenvalue weighted by Gasteiger charge is -2.22. The van der Waals surface area contributed by atoms with Gasteiger partial charge in [0.2, 0.25) is 0 Å². The Bertz CT molecular complexity index is 511. The van der Waals surface area contributed by atoms with Gasteiger partial charge in [-0.3, -0.25) is 4.68 Å². The van der Waals surface area contributed by atoms with Crippen LogP contribution in [0, 0.1) is 0 Å². The Morgan fingerprint density at radius 2 is 2.39 bits per heavy atom. The number of rotatable bonds is 5. The number of sulfone groups is 1. The molecule has 102 valence electrons. The van der Waals surface area contributed by atoms with E-state index in [1.54, 1.807) is 24.1 Å². The quantitative estimate of drug-likeness (QED) is 0.760. The number of ether oxygens (including phenoxy) is 1. The molecule has 1 aromatic heterocycles. The molecule has 7 heteroatoms. The topological polar surface area (TPSA) is 81.4 Å². The van der Waals surface area contributed by atoms with Crippen molar-refractivity contribution in [3.63, 3.8) is 0 Å². The minimum absolute atomic E-state index is 0.0345. The first-order chi connectivity index (χ1) is 8.47. The summed E-state index contributed by atoms with van der Waals surface area (Å²) in [7, 11) is -1.51. The van der Waals surface area contributed by atoms with Crippen LogP contribution in [0.5, 0.6) is 0 Å². The normalized spacial score (nSPS) is 26.6. The summed E-state index contributed by atoms with van der Waals surface area (Å²) in [4.78, 5) is 0. The van der Waals surface area contributed by atoms with E-state index >= 15 is 0 Å². The Morgan fingerprint density at radius 1 is 1.61 bits per heavy atom. The summed E-state index contributed by atoms with van der Waals surface area (Å²) in [5.41, 5.74) is -0.706. The summed E-state index contributed by atoms with van der Waals surface area (Å²) in [6, 6.07) is 1.69. The van der Waals surface area contributed by atoms with Crippen LogP contribution in [0.3, 0.4) is 0 Å². The molecule has 1 N–H and O–H groups in total. The Labute approximate surface area is 106 Å². The van der Waals surface area contributed by atoms with Gasteiger partial charge in [0.25, 0.3) is 0 Å². The third kappa shape index (κ3) is 2.73. The molecular weight excluding hydrogens is 256 g/mol. The Morgan fingerprint density at radius 3 is 3.00 bits per heavy atom. The summed E-state index contributed by atoms with van der Waals surface area (Å²) in [5, 5.41) is 14.6. The van der Waals surface area contributed by atoms with Crippen molar-refractivity contribution in [2.24, 2.45) is 0 Å². The molecule has 1 aromatic rings. The number of aliphatic hydroxyl groups is 1. The first-order valence-corrected chi connectivity index (χ1v) is 7.73. The number of hydrogen-bond acceptors (Lipinski definition) is 5. The molecule has 1 aliphatic heterocycles. The van der Waals surface area contributed by atoms with E-state index in [4.69, 9.17) is 4.74 Å². The van der Waals surface area contributed by atoms with Crippen molar-refractivity contribution in [1.29, 1.82) is 0 Å². The van der Waals surface area contributed by atoms with Crippen molar-refractivity contribution >= 4 is 9.84 Å². The summed E-state index contributed by atoms with van der Waals surface area (Å²) in [6.07, 6.45) is 2.60. The maximum Gasteiger partial charge on any atom is 0.153 e. The van der Waals surface area contributed by atoms with Gasteiger partial charge < -0.3 is 9.84 Å². The molecule has 0 spiro atoms. The van der Waals surface area contributed by atoms with Crippen LogP contribution >= 0.6 is 0 Å². The molecule has 18 heavy (non-hydrogen) atoms. The lowest BCUT2D eigenvalue weighted by Crippen LogP contribution is -2.30. The molecule has 1 fully saturated rings. The monoisotopic (exact) mass is 274 g/mol. The van der Waals surface area contributed by atoms with E-state index in [9.17, 15) is 13.5 Å². The highest BCUT2D eigenvalue weighted by Crippen LogP contribution is 2.33. The molecule has 0 radical (unpaired) electrons. The molecule has 2 heterocycles. The maximum absolute atomic E-state index is 11.5. The second kappa shape index (κ2) is 4.99. The minimum Gasteiger partial charge on any atom is -0.385 e. The molecule has 0 bridgehead atoms. The predicted molar refractivity (Wildman–Crippen MR) is 65.9 cm³/mol. The fraction of sp³-hybridized carbons (Fsp3) is 0.727. The maximum atomic E-state index is 11.5. The van der Waals surface area contributed by atoms with Crippen molar-refractivity contribution in [2.45, 2.75) is 25.0 Å². The highest BCUT2D eigenvalue weighted by atomic mass is 32.2. The van der Waals surface area contributed by atoms with Crippen molar-refractivity contribution in [3.8, 4) is 0 Å². The van der Waals surface area contributed by atoms with Crippen molar-refractivity contribution in [1.82, 2.24) is 9.78 Å². The zero-order chi connectivity index (χ0) is 13.2. The number of aromatic nitrogens is 2. The Balaban J connectivity index is 2.16. The van der Waals surface area contributed by atoms with Gasteiger partial charge in [0.1, 0.15) is 5.60 Å². The number of hydrogen-bond donors (Lipinski definition) is 1. The van der Waals surface area contributed by atoms with Crippen LogP contribution in [0.1, 0.15) is 18.5 Å². The van der Waals surface area contributed by atoms with Crippen LogP contribution < -0.4 is 0 Å². The summed E-state index contributed by atoms with van der Waals surface area (Å²) >= 11 is 0. The molecule has 1 saturated heterocycles. The summed E-state index contributed by atoms with van der Waals surface area (Å²) in [5.74, 6) is -0.178. The predicted octanol–water partition coefficient (Wildman–Crippen LogP) is -0.0743. The molecule has 1 atom stereocenters. The average Bonchev–Trinajstić information content (AvgIpc) is 2.85. The van der Waals surface area contributed by atoms with Gasteiger partial charge in [0, 0.05) is 26.5 Å². The average molecular weight is 274 g/mol. The molecule has 0 saturated carbocycles. The standard InChI is InChI=1S/C11H18N2O4S/c1-17-7-2-6-13-10(3-5-12-13)11(14)4-8-18(15,16)9-11/h3,5,14H,2,4,6-9H2,1H3. The Hall–Kier alpha value is -0.920. The van der Waals surface area contributed by atoms with Crippen LogP contribution in [0.25, 0.3) is 0 Å². The minimum atomic E-state index is -3.14. The van der Waals surface area contributed by atoms with E-state index in [2.05, 4.69) is 5.10 Å². The fourth-order valence-corrected chi connectivity index (χ4v) is 4.11. The van der Waals surface area contributed by atoms with Gasteiger partial charge in [-0.15, -0.1) is 0 Å². The second-order valence-electron chi connectivity index (χ2n) is 4.66. The summed E-state index contributed by atoms with van der Waals surface area (Å²) in [6.45, 7) is 1.22. The first-order valence-electron chi connectivity index (χ1n) is 5.91. The van der Waals surface area contributed by atoms with Crippen LogP contribution in [0.15, 0.2) is 12.3 Å². The van der Waals surface area contributed by atoms with E-state index in [0.717, 1.165) is 6.42 Å². The van der Waals surface area contributed by atoms with Gasteiger partial charge in [0.05, 0.1) is 17.2 Å². The molecule has 0 aliphatic carbocycles. The van der Waals surface area contributed by atoms with E-state index in [0.29, 0.717) is 18.8 Å². The van der Waals surface area contributed by atoms with Crippen molar-refractivity contribution in [2.75, 3.05) is 25.2 Å². The number of methoxy groups -OCH3 is 1. The second-order valence-corrected chi connectivity index (χ2v) is 6.84. The molecule has 1 aliphatic rings. The molecular formula is C11H18N2O4S. The molecule has 2 rings (SSSR count). The smallest absolute Gasteiger partial charge is 0.153 e. The van der Waals surface area contributed by atoms with Gasteiger partial charge >= 0.3 is 0 Å². The molecule has 0 aromatic carbocycles. The highest BCUT2D eigenvalue weighted by molar-refractivity contribution is 7.91. The van der Waals surface area contributed by atoms with E-state index in [1.807, 2.05) is 0 Å². The number of nitrogens with zero attached hydrogens (tertiary/aromatic N) is 2. The zero-order valence-corrected chi connectivity index (χ0v) is 11.2. The van der Waals surface area contributed by atoms with Crippen LogP contribution in [0.2, 0.25) is 0 Å². The van der Waals surface area contributed by atoms with Crippen molar-refractivity contribution < 1.29 is 18.3 Å². The van der Waals surface area contributed by atoms with Crippen LogP contribution in [-0.2, 0) is 26.7 Å². The van der Waals surface area contributed by atoms with Crippen LogP contribution in [0.4, 0.5) is 0 Å². The van der Waals surface area contributed by atoms with Gasteiger partial charge in [-0.05, 0) is 18.9 Å². The van der Waals surface area contributed by atoms with Crippen molar-refractivity contribution in [3.05, 3.63) is 18.0 Å². The molecule has 0 amide bonds. The highest BCUT2D eigenvalue weighted by Gasteiger charge is 2.43. The lowest BCUT2D eigenvalue weighted by molar-refractivity contribution is 0.0546. The van der Waals surface area contributed by atoms with Gasteiger partial charge in [-0.1, -0.05) is 0 Å². The van der Waals surface area contributed by atoms with E-state index in [-0.39, 0.29) is 17.9 Å². The lowest BCUT2D eigenvalue weighted by atomic mass is 9.99. The Kier molecular flexibility index (Phi) is 3.74. The first kappa shape index (κ1) is 13.5. The van der Waals surface area contributed by atoms with Gasteiger partial charge in [-0.25, -0.2) is 8.42 Å². The van der Waals surface area contributed by atoms with E-state index in [1.165, 1.54) is 0 Å². The van der Waals surface area contributed by atoms with E-state index < -0.39 is 15.4 Å². The number of aryl methyl sites for hydroxylation is 1. The molecule has 6 nitrogen and oxygen atoms in total. The zero-order valence-electron chi connectivity index (χ0n) is 10.4. The SMILES string of the molecule is COCCCn1nccc1C1(O)CCS(=O)(=O)C1. The summed E-state index contributed by atoms with van der Waals surface area (Å²) < 4.78 is 29.6. The van der Waals surface area contributed by atoms with Gasteiger partial charge in [0.15, 0.2) is 9.84 Å². The molecule has 1 unspecified atom stereocenters. The largest absolute Gasteiger partial charge is 0.385 e. The fourth-order valence-electron chi connectivity index (χ4n) is 2.30. The van der Waals surface area contributed by atoms with Gasteiger partial charge in [-0.2, -0.15) is 5.10 Å². The van der Waals surface area contributed by atoms with Crippen LogP contribution in [-0.4, -0.2) is 48.5 Å².